The van der Waals surface area contributed by atoms with Gasteiger partial charge in [-0.3, -0.25) is 4.90 Å². The molecule has 2 unspecified atom stereocenters. The van der Waals surface area contributed by atoms with Crippen LogP contribution in [0.1, 0.15) is 46.0 Å². The Morgan fingerprint density at radius 1 is 1.19 bits per heavy atom. The SMILES string of the molecule is CC1CC(C)N(CCNCC2CCCC2)C1. The monoisotopic (exact) mass is 224 g/mol. The van der Waals surface area contributed by atoms with Crippen LogP contribution in [-0.2, 0) is 0 Å². The third kappa shape index (κ3) is 3.46. The normalized spacial score (nSPS) is 32.6. The number of nitrogens with zero attached hydrogens (tertiary/aromatic N) is 1. The van der Waals surface area contributed by atoms with Crippen LogP contribution >= 0.6 is 0 Å². The molecule has 1 saturated heterocycles. The summed E-state index contributed by atoms with van der Waals surface area (Å²) in [5.74, 6) is 1.89. The van der Waals surface area contributed by atoms with Crippen LogP contribution in [0.15, 0.2) is 0 Å². The second-order valence-electron chi connectivity index (χ2n) is 6.04. The number of nitrogens with one attached hydrogen (secondary N) is 1. The molecule has 16 heavy (non-hydrogen) atoms. The van der Waals surface area contributed by atoms with Crippen molar-refractivity contribution in [3.05, 3.63) is 0 Å². The zero-order chi connectivity index (χ0) is 11.4. The number of rotatable bonds is 5. The van der Waals surface area contributed by atoms with E-state index in [2.05, 4.69) is 24.1 Å². The maximum absolute atomic E-state index is 3.65. The second kappa shape index (κ2) is 6.02. The van der Waals surface area contributed by atoms with E-state index in [1.807, 2.05) is 0 Å². The minimum absolute atomic E-state index is 0.809. The maximum Gasteiger partial charge on any atom is 0.0110 e. The first-order valence-electron chi connectivity index (χ1n) is 7.20. The van der Waals surface area contributed by atoms with Gasteiger partial charge in [0.05, 0.1) is 0 Å². The lowest BCUT2D eigenvalue weighted by Crippen LogP contribution is -2.35. The molecule has 1 N–H and O–H groups in total. The van der Waals surface area contributed by atoms with Crippen LogP contribution < -0.4 is 5.32 Å². The summed E-state index contributed by atoms with van der Waals surface area (Å²) in [6, 6.07) is 0.809. The van der Waals surface area contributed by atoms with Crippen molar-refractivity contribution in [2.24, 2.45) is 11.8 Å². The lowest BCUT2D eigenvalue weighted by atomic mass is 10.1. The molecule has 1 aliphatic carbocycles. The fourth-order valence-electron chi connectivity index (χ4n) is 3.44. The quantitative estimate of drug-likeness (QED) is 0.722. The minimum atomic E-state index is 0.809. The molecule has 1 aliphatic heterocycles. The van der Waals surface area contributed by atoms with Gasteiger partial charge < -0.3 is 5.32 Å². The molecule has 2 atom stereocenters. The van der Waals surface area contributed by atoms with Crippen LogP contribution in [0.4, 0.5) is 0 Å². The van der Waals surface area contributed by atoms with Crippen molar-refractivity contribution in [1.82, 2.24) is 10.2 Å². The van der Waals surface area contributed by atoms with Crippen molar-refractivity contribution in [3.8, 4) is 0 Å². The largest absolute Gasteiger partial charge is 0.315 e. The van der Waals surface area contributed by atoms with E-state index in [0.717, 1.165) is 17.9 Å². The smallest absolute Gasteiger partial charge is 0.0110 e. The van der Waals surface area contributed by atoms with Crippen molar-refractivity contribution in [1.29, 1.82) is 0 Å². The van der Waals surface area contributed by atoms with Crippen LogP contribution in [0.3, 0.4) is 0 Å². The van der Waals surface area contributed by atoms with Gasteiger partial charge in [-0.05, 0) is 44.6 Å². The molecule has 0 aromatic heterocycles. The third-order valence-corrected chi connectivity index (χ3v) is 4.40. The number of hydrogen-bond acceptors (Lipinski definition) is 2. The van der Waals surface area contributed by atoms with E-state index in [-0.39, 0.29) is 0 Å². The average Bonchev–Trinajstić information content (AvgIpc) is 2.84. The molecule has 2 aliphatic rings. The molecule has 0 radical (unpaired) electrons. The highest BCUT2D eigenvalue weighted by Crippen LogP contribution is 2.24. The highest BCUT2D eigenvalue weighted by atomic mass is 15.2. The molecular weight excluding hydrogens is 196 g/mol. The molecule has 94 valence electrons. The predicted octanol–water partition coefficient (Wildman–Crippen LogP) is 2.50. The summed E-state index contributed by atoms with van der Waals surface area (Å²) in [4.78, 5) is 2.65. The van der Waals surface area contributed by atoms with E-state index in [1.54, 1.807) is 0 Å². The molecular formula is C14H28N2. The van der Waals surface area contributed by atoms with Crippen LogP contribution in [0.5, 0.6) is 0 Å². The van der Waals surface area contributed by atoms with Gasteiger partial charge in [-0.25, -0.2) is 0 Å². The number of hydrogen-bond donors (Lipinski definition) is 1. The summed E-state index contributed by atoms with van der Waals surface area (Å²) >= 11 is 0. The third-order valence-electron chi connectivity index (χ3n) is 4.40. The summed E-state index contributed by atoms with van der Waals surface area (Å²) in [5, 5.41) is 3.65. The van der Waals surface area contributed by atoms with Gasteiger partial charge in [-0.2, -0.15) is 0 Å². The Morgan fingerprint density at radius 2 is 1.94 bits per heavy atom. The summed E-state index contributed by atoms with van der Waals surface area (Å²) in [6.07, 6.45) is 7.25. The molecule has 2 rings (SSSR count). The zero-order valence-corrected chi connectivity index (χ0v) is 11.0. The summed E-state index contributed by atoms with van der Waals surface area (Å²) in [6.45, 7) is 9.76. The maximum atomic E-state index is 3.65. The van der Waals surface area contributed by atoms with E-state index in [1.165, 1.54) is 58.3 Å². The lowest BCUT2D eigenvalue weighted by Gasteiger charge is -2.21. The lowest BCUT2D eigenvalue weighted by molar-refractivity contribution is 0.262. The molecule has 0 aromatic carbocycles. The summed E-state index contributed by atoms with van der Waals surface area (Å²) in [7, 11) is 0. The van der Waals surface area contributed by atoms with Gasteiger partial charge in [0.15, 0.2) is 0 Å². The Balaban J connectivity index is 1.54. The molecule has 2 heteroatoms. The highest BCUT2D eigenvalue weighted by molar-refractivity contribution is 4.80. The van der Waals surface area contributed by atoms with Crippen molar-refractivity contribution >= 4 is 0 Å². The van der Waals surface area contributed by atoms with Crippen molar-refractivity contribution in [3.63, 3.8) is 0 Å². The van der Waals surface area contributed by atoms with Gasteiger partial charge in [0.1, 0.15) is 0 Å². The van der Waals surface area contributed by atoms with Gasteiger partial charge in [0.2, 0.25) is 0 Å². The van der Waals surface area contributed by atoms with Gasteiger partial charge in [-0.15, -0.1) is 0 Å². The minimum Gasteiger partial charge on any atom is -0.315 e. The van der Waals surface area contributed by atoms with Gasteiger partial charge in [-0.1, -0.05) is 19.8 Å². The summed E-state index contributed by atoms with van der Waals surface area (Å²) < 4.78 is 0. The van der Waals surface area contributed by atoms with Crippen molar-refractivity contribution in [2.75, 3.05) is 26.2 Å². The Morgan fingerprint density at radius 3 is 2.56 bits per heavy atom. The molecule has 0 spiro atoms. The Kier molecular flexibility index (Phi) is 4.66. The highest BCUT2D eigenvalue weighted by Gasteiger charge is 2.25. The van der Waals surface area contributed by atoms with Crippen molar-refractivity contribution < 1.29 is 0 Å². The molecule has 1 saturated carbocycles. The van der Waals surface area contributed by atoms with Gasteiger partial charge in [0, 0.05) is 25.7 Å². The van der Waals surface area contributed by atoms with Crippen LogP contribution in [0, 0.1) is 11.8 Å². The number of likely N-dealkylation sites (tertiary alicyclic amines) is 1. The average molecular weight is 224 g/mol. The molecule has 1 heterocycles. The standard InChI is InChI=1S/C14H28N2/c1-12-9-13(2)16(11-12)8-7-15-10-14-5-3-4-6-14/h12-15H,3-11H2,1-2H3. The van der Waals surface area contributed by atoms with Gasteiger partial charge in [0.25, 0.3) is 0 Å². The fraction of sp³-hybridized carbons (Fsp3) is 1.00. The van der Waals surface area contributed by atoms with E-state index in [9.17, 15) is 0 Å². The molecule has 0 bridgehead atoms. The van der Waals surface area contributed by atoms with E-state index >= 15 is 0 Å². The topological polar surface area (TPSA) is 15.3 Å². The second-order valence-corrected chi connectivity index (χ2v) is 6.04. The fourth-order valence-corrected chi connectivity index (χ4v) is 3.44. The van der Waals surface area contributed by atoms with E-state index in [4.69, 9.17) is 0 Å². The van der Waals surface area contributed by atoms with E-state index in [0.29, 0.717) is 0 Å². The predicted molar refractivity (Wildman–Crippen MR) is 69.6 cm³/mol. The zero-order valence-electron chi connectivity index (χ0n) is 11.0. The molecule has 0 amide bonds. The van der Waals surface area contributed by atoms with Crippen LogP contribution in [0.2, 0.25) is 0 Å². The first-order valence-corrected chi connectivity index (χ1v) is 7.20. The van der Waals surface area contributed by atoms with Crippen LogP contribution in [-0.4, -0.2) is 37.1 Å². The molecule has 2 nitrogen and oxygen atoms in total. The Bertz CT molecular complexity index is 199. The molecule has 2 fully saturated rings. The van der Waals surface area contributed by atoms with Crippen LogP contribution in [0.25, 0.3) is 0 Å². The first-order chi connectivity index (χ1) is 7.75. The van der Waals surface area contributed by atoms with E-state index < -0.39 is 0 Å². The Labute approximate surface area is 101 Å². The molecule has 0 aromatic rings. The summed E-state index contributed by atoms with van der Waals surface area (Å²) in [5.41, 5.74) is 0. The van der Waals surface area contributed by atoms with Crippen molar-refractivity contribution in [2.45, 2.75) is 52.0 Å². The van der Waals surface area contributed by atoms with Gasteiger partial charge >= 0.3 is 0 Å². The Hall–Kier alpha value is -0.0800. The first kappa shape index (κ1) is 12.4.